The summed E-state index contributed by atoms with van der Waals surface area (Å²) in [5, 5.41) is 8.24. The van der Waals surface area contributed by atoms with Gasteiger partial charge in [0.2, 0.25) is 0 Å². The molecule has 0 fully saturated rings. The molecule has 20 heavy (non-hydrogen) atoms. The van der Waals surface area contributed by atoms with Gasteiger partial charge < -0.3 is 5.73 Å². The Labute approximate surface area is 117 Å². The molecule has 0 saturated carbocycles. The molecule has 1 aliphatic rings. The molecule has 1 aliphatic heterocycles. The summed E-state index contributed by atoms with van der Waals surface area (Å²) in [7, 11) is 0. The third-order valence-corrected chi connectivity index (χ3v) is 3.39. The lowest BCUT2D eigenvalue weighted by molar-refractivity contribution is 0.735. The first-order valence-corrected chi connectivity index (χ1v) is 6.82. The van der Waals surface area contributed by atoms with Crippen LogP contribution in [-0.4, -0.2) is 30.8 Å². The Morgan fingerprint density at radius 2 is 2.00 bits per heavy atom. The molecule has 0 radical (unpaired) electrons. The zero-order chi connectivity index (χ0) is 14.1. The minimum Gasteiger partial charge on any atom is -0.382 e. The fourth-order valence-electron chi connectivity index (χ4n) is 2.29. The summed E-state index contributed by atoms with van der Waals surface area (Å²) in [6.45, 7) is 4.17. The average Bonchev–Trinajstić information content (AvgIpc) is 3.05. The number of nitrogen functional groups attached to an aromatic ring is 1. The molecule has 3 heterocycles. The summed E-state index contributed by atoms with van der Waals surface area (Å²) in [6, 6.07) is 0. The zero-order valence-corrected chi connectivity index (χ0v) is 11.6. The van der Waals surface area contributed by atoms with Gasteiger partial charge in [0.15, 0.2) is 11.7 Å². The molecule has 0 aliphatic carbocycles. The molecule has 2 aromatic rings. The minimum atomic E-state index is 0.0167. The number of nitrogens with zero attached hydrogens (tertiary/aromatic N) is 6. The number of nitrogens with two attached hydrogens (primary N) is 1. The summed E-state index contributed by atoms with van der Waals surface area (Å²) in [5.74, 6) is 1.98. The zero-order valence-electron chi connectivity index (χ0n) is 11.6. The molecular weight excluding hydrogens is 254 g/mol. The van der Waals surface area contributed by atoms with E-state index >= 15 is 0 Å². The van der Waals surface area contributed by atoms with E-state index < -0.39 is 0 Å². The number of aliphatic imine (C=N–C) groups is 1. The van der Waals surface area contributed by atoms with Crippen molar-refractivity contribution in [3.05, 3.63) is 23.9 Å². The van der Waals surface area contributed by atoms with E-state index in [0.29, 0.717) is 11.5 Å². The number of hydrogen-bond acceptors (Lipinski definition) is 6. The molecular formula is C13H17N7. The molecule has 0 amide bonds. The molecule has 0 bridgehead atoms. The number of aromatic nitrogens is 5. The van der Waals surface area contributed by atoms with E-state index in [4.69, 9.17) is 5.73 Å². The summed E-state index contributed by atoms with van der Waals surface area (Å²) in [4.78, 5) is 15.0. The first-order chi connectivity index (χ1) is 9.70. The Bertz CT molecular complexity index is 645. The molecule has 2 N–H and O–H groups in total. The van der Waals surface area contributed by atoms with Crippen LogP contribution in [0, 0.1) is 0 Å². The Morgan fingerprint density at radius 1 is 1.25 bits per heavy atom. The quantitative estimate of drug-likeness (QED) is 0.916. The van der Waals surface area contributed by atoms with Crippen molar-refractivity contribution >= 4 is 17.3 Å². The van der Waals surface area contributed by atoms with Crippen LogP contribution in [0.15, 0.2) is 17.4 Å². The van der Waals surface area contributed by atoms with Crippen LogP contribution in [0.1, 0.15) is 44.1 Å². The van der Waals surface area contributed by atoms with E-state index in [0.717, 1.165) is 36.6 Å². The first kappa shape index (κ1) is 12.7. The van der Waals surface area contributed by atoms with Crippen LogP contribution in [0.3, 0.4) is 0 Å². The molecule has 7 heteroatoms. The second-order valence-electron chi connectivity index (χ2n) is 4.87. The summed E-state index contributed by atoms with van der Waals surface area (Å²) >= 11 is 0. The molecule has 0 aromatic carbocycles. The number of unbranched alkanes of at least 4 members (excludes halogenated alkanes) is 1. The van der Waals surface area contributed by atoms with Gasteiger partial charge in [0.05, 0.1) is 24.0 Å². The molecule has 1 unspecified atom stereocenters. The fourth-order valence-corrected chi connectivity index (χ4v) is 2.29. The third-order valence-electron chi connectivity index (χ3n) is 3.39. The van der Waals surface area contributed by atoms with Crippen molar-refractivity contribution in [2.45, 2.75) is 39.0 Å². The van der Waals surface area contributed by atoms with E-state index in [9.17, 15) is 0 Å². The van der Waals surface area contributed by atoms with Gasteiger partial charge in [-0.3, -0.25) is 0 Å². The minimum absolute atomic E-state index is 0.0167. The lowest BCUT2D eigenvalue weighted by Gasteiger charge is -2.08. The second-order valence-corrected chi connectivity index (χ2v) is 4.87. The summed E-state index contributed by atoms with van der Waals surface area (Å²) < 4.78 is 0. The second kappa shape index (κ2) is 4.99. The standard InChI is InChI=1S/C13H17N7/c1-3-4-5-9-17-10-8(2)13(20-15-6-7-16-20)19-11(10)12(14)18-9/h6-8H,3-5H2,1-2H3,(H2,14,17,18). The predicted octanol–water partition coefficient (Wildman–Crippen LogP) is 1.69. The third kappa shape index (κ3) is 2.04. The van der Waals surface area contributed by atoms with Gasteiger partial charge in [0.25, 0.3) is 0 Å². The molecule has 1 atom stereocenters. The number of aryl methyl sites for hydroxylation is 1. The SMILES string of the molecule is CCCCc1nc(N)c2c(n1)C(C)C(n1nccn1)=N2. The Morgan fingerprint density at radius 3 is 2.70 bits per heavy atom. The van der Waals surface area contributed by atoms with Crippen LogP contribution in [-0.2, 0) is 6.42 Å². The number of rotatable bonds is 3. The highest BCUT2D eigenvalue weighted by Crippen LogP contribution is 2.37. The molecule has 7 nitrogen and oxygen atoms in total. The highest BCUT2D eigenvalue weighted by molar-refractivity contribution is 5.97. The summed E-state index contributed by atoms with van der Waals surface area (Å²) in [5.41, 5.74) is 7.54. The molecule has 2 aromatic heterocycles. The lowest BCUT2D eigenvalue weighted by atomic mass is 10.1. The van der Waals surface area contributed by atoms with Crippen LogP contribution in [0.25, 0.3) is 0 Å². The fraction of sp³-hybridized carbons (Fsp3) is 0.462. The van der Waals surface area contributed by atoms with E-state index in [1.54, 1.807) is 12.4 Å². The van der Waals surface area contributed by atoms with Crippen molar-refractivity contribution in [2.75, 3.05) is 5.73 Å². The maximum Gasteiger partial charge on any atom is 0.160 e. The first-order valence-electron chi connectivity index (χ1n) is 6.82. The van der Waals surface area contributed by atoms with Crippen molar-refractivity contribution in [3.63, 3.8) is 0 Å². The highest BCUT2D eigenvalue weighted by Gasteiger charge is 2.30. The Hall–Kier alpha value is -2.31. The smallest absolute Gasteiger partial charge is 0.160 e. The van der Waals surface area contributed by atoms with Crippen molar-refractivity contribution in [1.82, 2.24) is 25.0 Å². The van der Waals surface area contributed by atoms with Gasteiger partial charge in [-0.15, -0.1) is 4.80 Å². The van der Waals surface area contributed by atoms with Gasteiger partial charge in [-0.1, -0.05) is 13.3 Å². The molecule has 104 valence electrons. The molecule has 3 rings (SSSR count). The number of hydrogen-bond donors (Lipinski definition) is 1. The van der Waals surface area contributed by atoms with Gasteiger partial charge in [-0.05, 0) is 13.3 Å². The van der Waals surface area contributed by atoms with Crippen LogP contribution < -0.4 is 5.73 Å². The maximum atomic E-state index is 6.01. The Balaban J connectivity index is 1.97. The van der Waals surface area contributed by atoms with E-state index in [2.05, 4.69) is 32.1 Å². The Kier molecular flexibility index (Phi) is 3.17. The van der Waals surface area contributed by atoms with Crippen LogP contribution >= 0.6 is 0 Å². The monoisotopic (exact) mass is 271 g/mol. The van der Waals surface area contributed by atoms with Gasteiger partial charge in [0, 0.05) is 6.42 Å². The number of anilines is 1. The summed E-state index contributed by atoms with van der Waals surface area (Å²) in [6.07, 6.45) is 6.26. The number of fused-ring (bicyclic) bond motifs is 1. The average molecular weight is 271 g/mol. The normalized spacial score (nSPS) is 17.1. The lowest BCUT2D eigenvalue weighted by Crippen LogP contribution is -2.19. The van der Waals surface area contributed by atoms with E-state index in [1.165, 1.54) is 4.80 Å². The highest BCUT2D eigenvalue weighted by atomic mass is 15.5. The van der Waals surface area contributed by atoms with E-state index in [1.807, 2.05) is 6.92 Å². The topological polar surface area (TPSA) is 94.9 Å². The van der Waals surface area contributed by atoms with Crippen molar-refractivity contribution in [2.24, 2.45) is 4.99 Å². The van der Waals surface area contributed by atoms with Crippen LogP contribution in [0.5, 0.6) is 0 Å². The molecule has 0 saturated heterocycles. The van der Waals surface area contributed by atoms with Gasteiger partial charge >= 0.3 is 0 Å². The van der Waals surface area contributed by atoms with Crippen molar-refractivity contribution < 1.29 is 0 Å². The predicted molar refractivity (Wildman–Crippen MR) is 76.0 cm³/mol. The maximum absolute atomic E-state index is 6.01. The van der Waals surface area contributed by atoms with Crippen LogP contribution in [0.4, 0.5) is 11.5 Å². The van der Waals surface area contributed by atoms with Gasteiger partial charge in [-0.25, -0.2) is 15.0 Å². The van der Waals surface area contributed by atoms with Crippen molar-refractivity contribution in [1.29, 1.82) is 0 Å². The van der Waals surface area contributed by atoms with Gasteiger partial charge in [0.1, 0.15) is 11.5 Å². The molecule has 0 spiro atoms. The van der Waals surface area contributed by atoms with Gasteiger partial charge in [-0.2, -0.15) is 10.2 Å². The largest absolute Gasteiger partial charge is 0.382 e. The van der Waals surface area contributed by atoms with Crippen molar-refractivity contribution in [3.8, 4) is 0 Å². The van der Waals surface area contributed by atoms with Crippen LogP contribution in [0.2, 0.25) is 0 Å². The van der Waals surface area contributed by atoms with E-state index in [-0.39, 0.29) is 5.92 Å².